The van der Waals surface area contributed by atoms with Crippen LogP contribution in [0.25, 0.3) is 21.5 Å². The van der Waals surface area contributed by atoms with Crippen LogP contribution in [0.4, 0.5) is 9.52 Å². The average molecular weight is 594 g/mol. The second kappa shape index (κ2) is 10.6. The van der Waals surface area contributed by atoms with Gasteiger partial charge in [-0.2, -0.15) is 0 Å². The minimum Gasteiger partial charge on any atom is -0.489 e. The number of ether oxygens (including phenoxy) is 1. The number of rotatable bonds is 8. The topological polar surface area (TPSA) is 160 Å². The van der Waals surface area contributed by atoms with Crippen molar-refractivity contribution in [3.63, 3.8) is 0 Å². The highest BCUT2D eigenvalue weighted by molar-refractivity contribution is 7.22. The number of nitrogen functional groups attached to an aromatic ring is 1. The van der Waals surface area contributed by atoms with Crippen LogP contribution in [-0.2, 0) is 15.8 Å². The minimum atomic E-state index is -1.68. The second-order valence-corrected chi connectivity index (χ2v) is 12.6. The maximum absolute atomic E-state index is 13.7. The van der Waals surface area contributed by atoms with Crippen molar-refractivity contribution in [3.05, 3.63) is 71.2 Å². The molecule has 5 rings (SSSR count). The molecular weight excluding hydrogens is 561 g/mol. The fourth-order valence-electron chi connectivity index (χ4n) is 4.67. The first-order valence-electron chi connectivity index (χ1n) is 13.3. The van der Waals surface area contributed by atoms with Crippen LogP contribution in [0.15, 0.2) is 48.5 Å². The van der Waals surface area contributed by atoms with Gasteiger partial charge in [-0.15, -0.1) is 0 Å². The summed E-state index contributed by atoms with van der Waals surface area (Å²) in [4.78, 5) is 35.3. The van der Waals surface area contributed by atoms with Gasteiger partial charge in [-0.3, -0.25) is 9.59 Å². The highest BCUT2D eigenvalue weighted by Crippen LogP contribution is 2.45. The summed E-state index contributed by atoms with van der Waals surface area (Å²) >= 11 is 1.27. The average Bonchev–Trinajstić information content (AvgIpc) is 3.49. The first kappa shape index (κ1) is 29.4. The van der Waals surface area contributed by atoms with Crippen molar-refractivity contribution in [3.8, 4) is 17.0 Å². The van der Waals surface area contributed by atoms with E-state index in [-0.39, 0.29) is 31.3 Å². The number of fused-ring (bicyclic) bond motifs is 2. The number of nitrogens with zero attached hydrogens (tertiary/aromatic N) is 2. The molecule has 1 aliphatic rings. The van der Waals surface area contributed by atoms with Gasteiger partial charge >= 0.3 is 0 Å². The Bertz CT molecular complexity index is 1680. The maximum Gasteiger partial charge on any atom is 0.251 e. The van der Waals surface area contributed by atoms with Crippen molar-refractivity contribution in [1.82, 2.24) is 20.6 Å². The molecule has 0 unspecified atom stereocenters. The maximum atomic E-state index is 13.7. The van der Waals surface area contributed by atoms with Gasteiger partial charge in [-0.1, -0.05) is 11.3 Å². The Labute approximate surface area is 245 Å². The van der Waals surface area contributed by atoms with Crippen molar-refractivity contribution in [2.45, 2.75) is 44.3 Å². The summed E-state index contributed by atoms with van der Waals surface area (Å²) in [6.07, 6.45) is 0. The van der Waals surface area contributed by atoms with Crippen LogP contribution in [0.3, 0.4) is 0 Å². The Hall–Kier alpha value is -4.13. The van der Waals surface area contributed by atoms with Crippen LogP contribution < -0.4 is 21.1 Å². The van der Waals surface area contributed by atoms with E-state index in [1.54, 1.807) is 45.0 Å². The van der Waals surface area contributed by atoms with E-state index in [1.165, 1.54) is 42.5 Å². The van der Waals surface area contributed by atoms with Gasteiger partial charge in [0.25, 0.3) is 5.91 Å². The molecule has 0 saturated heterocycles. The quantitative estimate of drug-likeness (QED) is 0.208. The van der Waals surface area contributed by atoms with E-state index in [9.17, 15) is 24.2 Å². The summed E-state index contributed by atoms with van der Waals surface area (Å²) in [5, 5.41) is 27.6. The first-order valence-corrected chi connectivity index (χ1v) is 14.1. The molecule has 0 bridgehead atoms. The first-order chi connectivity index (χ1) is 19.7. The van der Waals surface area contributed by atoms with Crippen LogP contribution in [-0.4, -0.2) is 57.3 Å². The number of carbonyl (C=O) groups excluding carboxylic acids is 2. The van der Waals surface area contributed by atoms with Crippen LogP contribution >= 0.6 is 11.3 Å². The molecule has 42 heavy (non-hydrogen) atoms. The summed E-state index contributed by atoms with van der Waals surface area (Å²) in [6.45, 7) is 6.18. The standard InChI is InChI=1S/C30H32FN5O5S/c1-28(2,39)13-34-26(38)29(3)15-41-24-19(29)12-22(36-23(24)16-5-8-18(31)9-6-16)30(4,40)14-33-25(37)17-7-10-20-21(11-17)42-27(32)35-20/h5-12,39-40H,13-15H2,1-4H3,(H2,32,35)(H,33,37)(H,34,38)/t29-,30-/m0/s1. The molecule has 0 spiro atoms. The summed E-state index contributed by atoms with van der Waals surface area (Å²) in [7, 11) is 0. The van der Waals surface area contributed by atoms with Crippen molar-refractivity contribution in [2.24, 2.45) is 0 Å². The summed E-state index contributed by atoms with van der Waals surface area (Å²) < 4.78 is 20.5. The minimum absolute atomic E-state index is 0.0111. The van der Waals surface area contributed by atoms with E-state index in [2.05, 4.69) is 20.6 Å². The van der Waals surface area contributed by atoms with Crippen LogP contribution in [0, 0.1) is 5.82 Å². The van der Waals surface area contributed by atoms with Gasteiger partial charge in [0.1, 0.15) is 34.9 Å². The number of hydrogen-bond donors (Lipinski definition) is 5. The number of nitrogens with two attached hydrogens (primary N) is 1. The highest BCUT2D eigenvalue weighted by atomic mass is 32.1. The number of halogens is 1. The smallest absolute Gasteiger partial charge is 0.251 e. The van der Waals surface area contributed by atoms with Crippen LogP contribution in [0.5, 0.6) is 5.75 Å². The van der Waals surface area contributed by atoms with Crippen molar-refractivity contribution in [1.29, 1.82) is 0 Å². The van der Waals surface area contributed by atoms with E-state index < -0.39 is 28.3 Å². The van der Waals surface area contributed by atoms with Crippen molar-refractivity contribution < 1.29 is 28.9 Å². The zero-order valence-electron chi connectivity index (χ0n) is 23.6. The molecule has 6 N–H and O–H groups in total. The molecule has 0 aliphatic carbocycles. The molecule has 2 aromatic heterocycles. The lowest BCUT2D eigenvalue weighted by Gasteiger charge is -2.28. The number of aliphatic hydroxyl groups is 2. The zero-order valence-corrected chi connectivity index (χ0v) is 24.4. The Morgan fingerprint density at radius 1 is 1.07 bits per heavy atom. The van der Waals surface area contributed by atoms with Gasteiger partial charge < -0.3 is 31.3 Å². The number of nitrogens with one attached hydrogen (secondary N) is 2. The molecule has 2 atom stereocenters. The number of benzene rings is 2. The van der Waals surface area contributed by atoms with Gasteiger partial charge in [0, 0.05) is 23.2 Å². The van der Waals surface area contributed by atoms with Gasteiger partial charge in [-0.05, 0) is 76.2 Å². The number of hydrogen-bond acceptors (Lipinski definition) is 9. The molecule has 10 nitrogen and oxygen atoms in total. The fourth-order valence-corrected chi connectivity index (χ4v) is 5.44. The van der Waals surface area contributed by atoms with Crippen molar-refractivity contribution >= 4 is 38.5 Å². The highest BCUT2D eigenvalue weighted by Gasteiger charge is 2.46. The second-order valence-electron chi connectivity index (χ2n) is 11.5. The van der Waals surface area contributed by atoms with E-state index in [4.69, 9.17) is 10.5 Å². The van der Waals surface area contributed by atoms with Crippen LogP contribution in [0.1, 0.15) is 49.3 Å². The number of thiazole rings is 1. The van der Waals surface area contributed by atoms with Gasteiger partial charge in [0.2, 0.25) is 5.91 Å². The predicted octanol–water partition coefficient (Wildman–Crippen LogP) is 3.25. The summed E-state index contributed by atoms with van der Waals surface area (Å²) in [6, 6.07) is 12.2. The molecule has 0 fully saturated rings. The third-order valence-corrected chi connectivity index (χ3v) is 8.03. The van der Waals surface area contributed by atoms with Crippen LogP contribution in [0.2, 0.25) is 0 Å². The molecular formula is C30H32FN5O5S. The Kier molecular flexibility index (Phi) is 7.42. The summed E-state index contributed by atoms with van der Waals surface area (Å²) in [5.41, 5.74) is 4.34. The number of pyridine rings is 1. The Morgan fingerprint density at radius 2 is 1.79 bits per heavy atom. The SMILES string of the molecule is CC(C)(O)CNC(=O)[C@@]1(C)COc2c1cc([C@@](C)(O)CNC(=O)c1ccc3nc(N)sc3c1)nc2-c1ccc(F)cc1. The zero-order chi connectivity index (χ0) is 30.4. The molecule has 0 radical (unpaired) electrons. The predicted molar refractivity (Wildman–Crippen MR) is 158 cm³/mol. The monoisotopic (exact) mass is 593 g/mol. The molecule has 12 heteroatoms. The molecule has 3 heterocycles. The molecule has 4 aromatic rings. The summed E-state index contributed by atoms with van der Waals surface area (Å²) in [5.74, 6) is -0.888. The Balaban J connectivity index is 1.48. The lowest BCUT2D eigenvalue weighted by molar-refractivity contribution is -0.127. The largest absolute Gasteiger partial charge is 0.489 e. The third kappa shape index (κ3) is 5.78. The van der Waals surface area contributed by atoms with Crippen molar-refractivity contribution in [2.75, 3.05) is 25.4 Å². The Morgan fingerprint density at radius 3 is 2.48 bits per heavy atom. The number of carbonyl (C=O) groups is 2. The third-order valence-electron chi connectivity index (χ3n) is 7.19. The van der Waals surface area contributed by atoms with Gasteiger partial charge in [-0.25, -0.2) is 14.4 Å². The van der Waals surface area contributed by atoms with E-state index in [1.807, 2.05) is 0 Å². The normalized spacial score (nSPS) is 17.8. The number of anilines is 1. The molecule has 220 valence electrons. The molecule has 2 aromatic carbocycles. The number of aromatic nitrogens is 2. The molecule has 0 saturated carbocycles. The van der Waals surface area contributed by atoms with E-state index >= 15 is 0 Å². The lowest BCUT2D eigenvalue weighted by atomic mass is 9.81. The number of amides is 2. The molecule has 2 amide bonds. The van der Waals surface area contributed by atoms with E-state index in [0.29, 0.717) is 38.8 Å². The van der Waals surface area contributed by atoms with Gasteiger partial charge in [0.15, 0.2) is 5.13 Å². The molecule has 1 aliphatic heterocycles. The lowest BCUT2D eigenvalue weighted by Crippen LogP contribution is -2.48. The fraction of sp³-hybridized carbons (Fsp3) is 0.333. The van der Waals surface area contributed by atoms with E-state index in [0.717, 1.165) is 4.70 Å². The van der Waals surface area contributed by atoms with Gasteiger partial charge in [0.05, 0.1) is 28.1 Å².